The molecule has 298 valence electrons. The van der Waals surface area contributed by atoms with E-state index in [4.69, 9.17) is 20.4 Å². The third kappa shape index (κ3) is 13.8. The van der Waals surface area contributed by atoms with Crippen molar-refractivity contribution in [2.75, 3.05) is 38.6 Å². The van der Waals surface area contributed by atoms with Gasteiger partial charge in [0.25, 0.3) is 0 Å². The molecule has 56 heavy (non-hydrogen) atoms. The largest absolute Gasteiger partial charge is 0.479 e. The minimum Gasteiger partial charge on any atom is -0.479 e. The summed E-state index contributed by atoms with van der Waals surface area (Å²) in [6.45, 7) is 7.70. The summed E-state index contributed by atoms with van der Waals surface area (Å²) >= 11 is 1.88. The molecular weight excluding hydrogens is 746 g/mol. The van der Waals surface area contributed by atoms with E-state index in [1.807, 2.05) is 11.8 Å². The van der Waals surface area contributed by atoms with Crippen LogP contribution in [0.2, 0.25) is 0 Å². The lowest BCUT2D eigenvalue weighted by Gasteiger charge is -2.35. The Bertz CT molecular complexity index is 1800. The number of hydrogen-bond acceptors (Lipinski definition) is 8. The molecule has 0 saturated heterocycles. The summed E-state index contributed by atoms with van der Waals surface area (Å²) in [6.07, 6.45) is -3.44. The molecule has 4 unspecified atom stereocenters. The summed E-state index contributed by atoms with van der Waals surface area (Å²) in [7, 11) is 4.29. The molecule has 0 fully saturated rings. The number of nitrogens with zero attached hydrogens (tertiary/aromatic N) is 2. The first-order valence-electron chi connectivity index (χ1n) is 18.4. The highest BCUT2D eigenvalue weighted by Gasteiger charge is 2.29. The van der Waals surface area contributed by atoms with Gasteiger partial charge < -0.3 is 35.5 Å². The van der Waals surface area contributed by atoms with Gasteiger partial charge in [-0.1, -0.05) is 134 Å². The first-order chi connectivity index (χ1) is 26.5. The minimum absolute atomic E-state index is 0. The van der Waals surface area contributed by atoms with E-state index in [9.17, 15) is 9.59 Å². The number of carboxylic acid groups (broad SMARTS) is 2. The number of rotatable bonds is 14. The second kappa shape index (κ2) is 23.4. The fraction of sp³-hybridized carbons (Fsp3) is 0.289. The molecule has 0 bridgehead atoms. The third-order valence-corrected chi connectivity index (χ3v) is 10.2. The fourth-order valence-electron chi connectivity index (χ4n) is 6.44. The Hall–Kier alpha value is -4.68. The fourth-order valence-corrected chi connectivity index (χ4v) is 7.54. The number of anilines is 2. The van der Waals surface area contributed by atoms with Crippen LogP contribution in [-0.4, -0.2) is 83.2 Å². The van der Waals surface area contributed by atoms with Crippen molar-refractivity contribution in [2.24, 2.45) is 5.92 Å². The van der Waals surface area contributed by atoms with Gasteiger partial charge in [-0.25, -0.2) is 9.59 Å². The number of carboxylic acids is 2. The topological polar surface area (TPSA) is 134 Å². The number of aliphatic carboxylic acids is 2. The predicted octanol–water partition coefficient (Wildman–Crippen LogP) is 8.35. The zero-order valence-corrected chi connectivity index (χ0v) is 33.9. The SMILES string of the molecule is CC(CN(C)C)CN1c2ccccc2Sc2ccccc21.CC(NCCC(c1ccccc1)c1ccccc1)c1ccccc1.Cl.O=C(O)C(O)C(O)C(=O)O. The number of carbonyl (C=O) groups is 2. The molecule has 0 aliphatic carbocycles. The van der Waals surface area contributed by atoms with Crippen molar-refractivity contribution in [3.63, 3.8) is 0 Å². The Kier molecular flexibility index (Phi) is 19.1. The average molecular weight is 800 g/mol. The van der Waals surface area contributed by atoms with Crippen LogP contribution < -0.4 is 10.2 Å². The number of benzene rings is 5. The molecule has 0 saturated carbocycles. The molecule has 11 heteroatoms. The summed E-state index contributed by atoms with van der Waals surface area (Å²) in [6, 6.07) is 50.1. The van der Waals surface area contributed by atoms with Gasteiger partial charge in [0, 0.05) is 34.8 Å². The number of halogens is 1. The van der Waals surface area contributed by atoms with Crippen molar-refractivity contribution in [3.05, 3.63) is 156 Å². The molecule has 0 aromatic heterocycles. The number of aliphatic hydroxyl groups excluding tert-OH is 2. The van der Waals surface area contributed by atoms with Crippen molar-refractivity contribution in [1.29, 1.82) is 0 Å². The molecular formula is C45H54ClN3O6S. The van der Waals surface area contributed by atoms with Crippen LogP contribution in [0.5, 0.6) is 0 Å². The predicted molar refractivity (Wildman–Crippen MR) is 228 cm³/mol. The number of para-hydroxylation sites is 2. The molecule has 0 radical (unpaired) electrons. The van der Waals surface area contributed by atoms with Crippen molar-refractivity contribution < 1.29 is 30.0 Å². The van der Waals surface area contributed by atoms with E-state index in [-0.39, 0.29) is 12.4 Å². The average Bonchev–Trinajstić information content (AvgIpc) is 3.20. The number of aliphatic hydroxyl groups is 2. The van der Waals surface area contributed by atoms with Gasteiger partial charge in [-0.2, -0.15) is 0 Å². The van der Waals surface area contributed by atoms with Gasteiger partial charge in [-0.15, -0.1) is 12.4 Å². The summed E-state index contributed by atoms with van der Waals surface area (Å²) in [5.41, 5.74) is 6.79. The summed E-state index contributed by atoms with van der Waals surface area (Å²) in [5.74, 6) is -2.49. The molecule has 0 spiro atoms. The molecule has 9 nitrogen and oxygen atoms in total. The van der Waals surface area contributed by atoms with Crippen LogP contribution in [0, 0.1) is 5.92 Å². The molecule has 4 atom stereocenters. The lowest BCUT2D eigenvalue weighted by atomic mass is 9.88. The minimum atomic E-state index is -2.27. The standard InChI is InChI=1S/C23H25N.C18H22N2S.C4H6O6.ClH/c1-19(20-11-5-2-6-12-20)24-18-17-23(21-13-7-3-8-14-21)22-15-9-4-10-16-22;1-14(12-19(2)3)13-20-15-8-4-6-10-17(15)21-18-11-7-5-9-16(18)20;5-1(3(7)8)2(6)4(9)10;/h2-16,19,23-24H,17-18H2,1H3;4-11,14H,12-13H2,1-3H3;1-2,5-6H,(H,7,8)(H,9,10);1H. The van der Waals surface area contributed by atoms with E-state index in [2.05, 4.69) is 183 Å². The second-order valence-electron chi connectivity index (χ2n) is 13.8. The molecule has 6 rings (SSSR count). The van der Waals surface area contributed by atoms with E-state index < -0.39 is 24.1 Å². The van der Waals surface area contributed by atoms with Gasteiger partial charge in [0.15, 0.2) is 12.2 Å². The van der Waals surface area contributed by atoms with Gasteiger partial charge in [-0.3, -0.25) is 0 Å². The molecule has 1 aliphatic heterocycles. The number of hydrogen-bond donors (Lipinski definition) is 5. The van der Waals surface area contributed by atoms with Crippen LogP contribution >= 0.6 is 24.2 Å². The summed E-state index contributed by atoms with van der Waals surface area (Å²) < 4.78 is 0. The first kappa shape index (κ1) is 45.7. The normalized spacial score (nSPS) is 13.6. The van der Waals surface area contributed by atoms with Crippen LogP contribution in [-0.2, 0) is 9.59 Å². The summed E-state index contributed by atoms with van der Waals surface area (Å²) in [5, 5.41) is 36.2. The Labute approximate surface area is 341 Å². The van der Waals surface area contributed by atoms with Gasteiger partial charge >= 0.3 is 11.9 Å². The van der Waals surface area contributed by atoms with Gasteiger partial charge in [-0.05, 0) is 80.9 Å². The molecule has 1 aliphatic rings. The van der Waals surface area contributed by atoms with Crippen molar-refractivity contribution in [1.82, 2.24) is 10.2 Å². The maximum atomic E-state index is 9.77. The van der Waals surface area contributed by atoms with E-state index in [0.29, 0.717) is 17.9 Å². The van der Waals surface area contributed by atoms with E-state index in [1.165, 1.54) is 37.9 Å². The second-order valence-corrected chi connectivity index (χ2v) is 14.9. The van der Waals surface area contributed by atoms with Gasteiger partial charge in [0.2, 0.25) is 0 Å². The lowest BCUT2D eigenvalue weighted by Crippen LogP contribution is -2.39. The van der Waals surface area contributed by atoms with Crippen molar-refractivity contribution >= 4 is 47.5 Å². The summed E-state index contributed by atoms with van der Waals surface area (Å²) in [4.78, 5) is 27.0. The molecule has 5 aromatic carbocycles. The maximum absolute atomic E-state index is 9.77. The zero-order valence-electron chi connectivity index (χ0n) is 32.3. The molecule has 5 N–H and O–H groups in total. The van der Waals surface area contributed by atoms with E-state index >= 15 is 0 Å². The number of fused-ring (bicyclic) bond motifs is 2. The lowest BCUT2D eigenvalue weighted by molar-refractivity contribution is -0.165. The van der Waals surface area contributed by atoms with Crippen LogP contribution in [0.3, 0.4) is 0 Å². The molecule has 5 aromatic rings. The van der Waals surface area contributed by atoms with Crippen LogP contribution in [0.25, 0.3) is 0 Å². The van der Waals surface area contributed by atoms with Crippen LogP contribution in [0.1, 0.15) is 48.9 Å². The van der Waals surface area contributed by atoms with Crippen molar-refractivity contribution in [3.8, 4) is 0 Å². The number of nitrogens with one attached hydrogen (secondary N) is 1. The van der Waals surface area contributed by atoms with Crippen LogP contribution in [0.15, 0.2) is 149 Å². The highest BCUT2D eigenvalue weighted by Crippen LogP contribution is 2.48. The first-order valence-corrected chi connectivity index (χ1v) is 19.3. The molecule has 1 heterocycles. The maximum Gasteiger partial charge on any atom is 0.335 e. The van der Waals surface area contributed by atoms with E-state index in [0.717, 1.165) is 26.1 Å². The Morgan fingerprint density at radius 2 is 1.04 bits per heavy atom. The monoisotopic (exact) mass is 799 g/mol. The Morgan fingerprint density at radius 1 is 0.643 bits per heavy atom. The third-order valence-electron chi connectivity index (χ3n) is 9.10. The van der Waals surface area contributed by atoms with Gasteiger partial charge in [0.05, 0.1) is 11.4 Å². The Balaban J connectivity index is 0.000000241. The Morgan fingerprint density at radius 3 is 1.45 bits per heavy atom. The highest BCUT2D eigenvalue weighted by atomic mass is 35.5. The molecule has 0 amide bonds. The van der Waals surface area contributed by atoms with Gasteiger partial charge in [0.1, 0.15) is 0 Å². The highest BCUT2D eigenvalue weighted by molar-refractivity contribution is 7.99. The van der Waals surface area contributed by atoms with E-state index in [1.54, 1.807) is 0 Å². The van der Waals surface area contributed by atoms with Crippen molar-refractivity contribution in [2.45, 2.75) is 54.2 Å². The smallest absolute Gasteiger partial charge is 0.335 e. The quantitative estimate of drug-likeness (QED) is 0.0747. The van der Waals surface area contributed by atoms with Crippen LogP contribution in [0.4, 0.5) is 11.4 Å². The zero-order chi connectivity index (χ0) is 39.7.